The van der Waals surface area contributed by atoms with Gasteiger partial charge >= 0.3 is 0 Å². The molecule has 8 nitrogen and oxygen atoms in total. The predicted molar refractivity (Wildman–Crippen MR) is 96.9 cm³/mol. The number of ether oxygens (including phenoxy) is 2. The van der Waals surface area contributed by atoms with Crippen LogP contribution in [0.3, 0.4) is 0 Å². The maximum absolute atomic E-state index is 12.0. The van der Waals surface area contributed by atoms with Crippen molar-refractivity contribution in [3.8, 4) is 11.5 Å². The van der Waals surface area contributed by atoms with E-state index in [4.69, 9.17) is 9.47 Å². The van der Waals surface area contributed by atoms with Crippen LogP contribution < -0.4 is 14.9 Å². The Balaban J connectivity index is 2.06. The minimum Gasteiger partial charge on any atom is -0.493 e. The molecule has 0 unspecified atom stereocenters. The highest BCUT2D eigenvalue weighted by molar-refractivity contribution is 5.95. The first-order valence-corrected chi connectivity index (χ1v) is 7.94. The third-order valence-corrected chi connectivity index (χ3v) is 3.35. The molecule has 0 spiro atoms. The van der Waals surface area contributed by atoms with E-state index < -0.39 is 10.8 Å². The summed E-state index contributed by atoms with van der Waals surface area (Å²) in [4.78, 5) is 22.2. The number of hydrogen-bond acceptors (Lipinski definition) is 6. The molecule has 1 N–H and O–H groups in total. The van der Waals surface area contributed by atoms with Gasteiger partial charge in [0.1, 0.15) is 0 Å². The van der Waals surface area contributed by atoms with Crippen molar-refractivity contribution in [1.29, 1.82) is 0 Å². The van der Waals surface area contributed by atoms with Crippen molar-refractivity contribution >= 4 is 17.8 Å². The highest BCUT2D eigenvalue weighted by atomic mass is 16.6. The van der Waals surface area contributed by atoms with E-state index in [1.165, 1.54) is 30.5 Å². The van der Waals surface area contributed by atoms with E-state index >= 15 is 0 Å². The number of amides is 1. The van der Waals surface area contributed by atoms with E-state index in [2.05, 4.69) is 10.5 Å². The van der Waals surface area contributed by atoms with Gasteiger partial charge in [0.2, 0.25) is 0 Å². The Morgan fingerprint density at radius 3 is 2.77 bits per heavy atom. The van der Waals surface area contributed by atoms with Crippen LogP contribution in [0.4, 0.5) is 5.69 Å². The Morgan fingerprint density at radius 1 is 1.27 bits per heavy atom. The number of carbonyl (C=O) groups is 1. The van der Waals surface area contributed by atoms with Gasteiger partial charge in [-0.25, -0.2) is 5.43 Å². The standard InChI is InChI=1S/C18H19N3O5/c1-3-9-26-17-10-13(7-8-16(17)25-2)12-19-20-18(22)14-5-4-6-15(11-14)21(23)24/h4-8,10-12H,3,9H2,1-2H3,(H,20,22)/b19-12-. The summed E-state index contributed by atoms with van der Waals surface area (Å²) in [6.07, 6.45) is 2.31. The number of hydrazone groups is 1. The van der Waals surface area contributed by atoms with Crippen molar-refractivity contribution in [3.05, 3.63) is 63.7 Å². The molecule has 0 saturated heterocycles. The lowest BCUT2D eigenvalue weighted by molar-refractivity contribution is -0.384. The van der Waals surface area contributed by atoms with Crippen molar-refractivity contribution < 1.29 is 19.2 Å². The summed E-state index contributed by atoms with van der Waals surface area (Å²) in [6.45, 7) is 2.56. The zero-order chi connectivity index (χ0) is 18.9. The molecule has 2 aromatic rings. The van der Waals surface area contributed by atoms with Gasteiger partial charge < -0.3 is 9.47 Å². The Kier molecular flexibility index (Phi) is 6.67. The number of nitrogens with one attached hydrogen (secondary N) is 1. The summed E-state index contributed by atoms with van der Waals surface area (Å²) < 4.78 is 10.8. The van der Waals surface area contributed by atoms with Crippen molar-refractivity contribution in [2.24, 2.45) is 5.10 Å². The molecule has 26 heavy (non-hydrogen) atoms. The fourth-order valence-corrected chi connectivity index (χ4v) is 2.09. The topological polar surface area (TPSA) is 103 Å². The van der Waals surface area contributed by atoms with Gasteiger partial charge in [-0.3, -0.25) is 14.9 Å². The Labute approximate surface area is 150 Å². The number of carbonyl (C=O) groups excluding carboxylic acids is 1. The summed E-state index contributed by atoms with van der Waals surface area (Å²) in [5.74, 6) is 0.653. The van der Waals surface area contributed by atoms with Crippen molar-refractivity contribution in [1.82, 2.24) is 5.43 Å². The average Bonchev–Trinajstić information content (AvgIpc) is 2.66. The van der Waals surface area contributed by atoms with Gasteiger partial charge in [-0.05, 0) is 36.2 Å². The van der Waals surface area contributed by atoms with Gasteiger partial charge in [-0.2, -0.15) is 5.10 Å². The second-order valence-corrected chi connectivity index (χ2v) is 5.27. The number of non-ortho nitro benzene ring substituents is 1. The van der Waals surface area contributed by atoms with Gasteiger partial charge in [0, 0.05) is 17.7 Å². The first kappa shape index (κ1) is 18.9. The zero-order valence-electron chi connectivity index (χ0n) is 14.5. The van der Waals surface area contributed by atoms with Gasteiger partial charge in [-0.1, -0.05) is 13.0 Å². The molecule has 0 bridgehead atoms. The van der Waals surface area contributed by atoms with Crippen LogP contribution in [0.2, 0.25) is 0 Å². The molecule has 0 aliphatic carbocycles. The van der Waals surface area contributed by atoms with E-state index in [-0.39, 0.29) is 11.3 Å². The first-order valence-electron chi connectivity index (χ1n) is 7.94. The fourth-order valence-electron chi connectivity index (χ4n) is 2.09. The van der Waals surface area contributed by atoms with Crippen LogP contribution in [0.25, 0.3) is 0 Å². The van der Waals surface area contributed by atoms with Crippen molar-refractivity contribution in [2.75, 3.05) is 13.7 Å². The van der Waals surface area contributed by atoms with Crippen LogP contribution in [0.15, 0.2) is 47.6 Å². The average molecular weight is 357 g/mol. The molecule has 8 heteroatoms. The minimum absolute atomic E-state index is 0.151. The number of benzene rings is 2. The lowest BCUT2D eigenvalue weighted by Crippen LogP contribution is -2.17. The fraction of sp³-hybridized carbons (Fsp3) is 0.222. The molecule has 2 aromatic carbocycles. The first-order chi connectivity index (χ1) is 12.5. The van der Waals surface area contributed by atoms with Gasteiger partial charge in [-0.15, -0.1) is 0 Å². The lowest BCUT2D eigenvalue weighted by Gasteiger charge is -2.10. The molecule has 0 fully saturated rings. The molecule has 0 heterocycles. The number of hydrogen-bond donors (Lipinski definition) is 1. The molecule has 0 saturated carbocycles. The molecular formula is C18H19N3O5. The molecule has 136 valence electrons. The van der Waals surface area contributed by atoms with Gasteiger partial charge in [0.05, 0.1) is 24.9 Å². The predicted octanol–water partition coefficient (Wildman–Crippen LogP) is 3.16. The van der Waals surface area contributed by atoms with Gasteiger partial charge in [0.25, 0.3) is 11.6 Å². The number of nitro benzene ring substituents is 1. The molecule has 0 atom stereocenters. The van der Waals surface area contributed by atoms with E-state index in [0.717, 1.165) is 6.42 Å². The lowest BCUT2D eigenvalue weighted by atomic mass is 10.2. The van der Waals surface area contributed by atoms with Crippen LogP contribution >= 0.6 is 0 Å². The van der Waals surface area contributed by atoms with Crippen LogP contribution in [0, 0.1) is 10.1 Å². The molecule has 0 aliphatic rings. The zero-order valence-corrected chi connectivity index (χ0v) is 14.5. The summed E-state index contributed by atoms with van der Waals surface area (Å²) >= 11 is 0. The maximum Gasteiger partial charge on any atom is 0.271 e. The Bertz CT molecular complexity index is 820. The van der Waals surface area contributed by atoms with Crippen LogP contribution in [0.5, 0.6) is 11.5 Å². The smallest absolute Gasteiger partial charge is 0.271 e. The summed E-state index contributed by atoms with van der Waals surface area (Å²) in [5, 5.41) is 14.6. The Hall–Kier alpha value is -3.42. The summed E-state index contributed by atoms with van der Waals surface area (Å²) in [5.41, 5.74) is 3.04. The van der Waals surface area contributed by atoms with E-state index in [1.54, 1.807) is 25.3 Å². The highest BCUT2D eigenvalue weighted by Gasteiger charge is 2.10. The molecular weight excluding hydrogens is 338 g/mol. The monoisotopic (exact) mass is 357 g/mol. The van der Waals surface area contributed by atoms with E-state index in [1.807, 2.05) is 6.92 Å². The van der Waals surface area contributed by atoms with Crippen molar-refractivity contribution in [2.45, 2.75) is 13.3 Å². The largest absolute Gasteiger partial charge is 0.493 e. The summed E-state index contributed by atoms with van der Waals surface area (Å²) in [7, 11) is 1.56. The van der Waals surface area contributed by atoms with Crippen molar-refractivity contribution in [3.63, 3.8) is 0 Å². The minimum atomic E-state index is -0.560. The number of methoxy groups -OCH3 is 1. The van der Waals surface area contributed by atoms with Crippen LogP contribution in [-0.2, 0) is 0 Å². The molecule has 0 aromatic heterocycles. The molecule has 0 aliphatic heterocycles. The molecule has 2 rings (SSSR count). The van der Waals surface area contributed by atoms with Gasteiger partial charge in [0.15, 0.2) is 11.5 Å². The second-order valence-electron chi connectivity index (χ2n) is 5.27. The highest BCUT2D eigenvalue weighted by Crippen LogP contribution is 2.27. The van der Waals surface area contributed by atoms with E-state index in [0.29, 0.717) is 23.7 Å². The van der Waals surface area contributed by atoms with Crippen LogP contribution in [0.1, 0.15) is 29.3 Å². The maximum atomic E-state index is 12.0. The van der Waals surface area contributed by atoms with Crippen LogP contribution in [-0.4, -0.2) is 30.8 Å². The molecule has 0 radical (unpaired) electrons. The SMILES string of the molecule is CCCOc1cc(/C=N\NC(=O)c2cccc([N+](=O)[O-])c2)ccc1OC. The number of rotatable bonds is 8. The van der Waals surface area contributed by atoms with E-state index in [9.17, 15) is 14.9 Å². The second kappa shape index (κ2) is 9.16. The molecule has 1 amide bonds. The summed E-state index contributed by atoms with van der Waals surface area (Å²) in [6, 6.07) is 10.7. The number of nitro groups is 1. The third-order valence-electron chi connectivity index (χ3n) is 3.35. The third kappa shape index (κ3) is 5.04. The number of nitrogens with zero attached hydrogens (tertiary/aromatic N) is 2. The Morgan fingerprint density at radius 2 is 2.08 bits per heavy atom. The normalized spacial score (nSPS) is 10.5. The quantitative estimate of drug-likeness (QED) is 0.444.